The van der Waals surface area contributed by atoms with Crippen molar-refractivity contribution in [2.45, 2.75) is 25.7 Å². The van der Waals surface area contributed by atoms with Crippen molar-refractivity contribution >= 4 is 11.4 Å². The third kappa shape index (κ3) is 0.911. The highest BCUT2D eigenvalue weighted by Crippen LogP contribution is 2.62. The Balaban J connectivity index is 1.70. The molecule has 90 valence electrons. The SMILES string of the molecule is O=C1C2=C(Cc3ccccc32)[C@@H]2C3CCC(C3)[C@H]12. The minimum Gasteiger partial charge on any atom is -0.294 e. The van der Waals surface area contributed by atoms with E-state index in [1.165, 1.54) is 36.0 Å². The summed E-state index contributed by atoms with van der Waals surface area (Å²) in [5.74, 6) is 3.03. The maximum atomic E-state index is 12.8. The molecule has 2 unspecified atom stereocenters. The normalized spacial score (nSPS) is 39.2. The maximum Gasteiger partial charge on any atom is 0.167 e. The van der Waals surface area contributed by atoms with Crippen molar-refractivity contribution in [3.63, 3.8) is 0 Å². The molecule has 2 saturated carbocycles. The van der Waals surface area contributed by atoms with E-state index in [2.05, 4.69) is 24.3 Å². The number of carbonyl (C=O) groups excluding carboxylic acids is 1. The van der Waals surface area contributed by atoms with Crippen molar-refractivity contribution in [1.29, 1.82) is 0 Å². The Morgan fingerprint density at radius 1 is 1.00 bits per heavy atom. The summed E-state index contributed by atoms with van der Waals surface area (Å²) in [5, 5.41) is 0. The Bertz CT molecular complexity index is 610. The summed E-state index contributed by atoms with van der Waals surface area (Å²) in [6.07, 6.45) is 5.06. The molecule has 0 amide bonds. The second-order valence-corrected chi connectivity index (χ2v) is 6.48. The van der Waals surface area contributed by atoms with Crippen LogP contribution in [0.4, 0.5) is 0 Å². The first-order chi connectivity index (χ1) is 8.84. The van der Waals surface area contributed by atoms with Gasteiger partial charge in [-0.1, -0.05) is 29.8 Å². The summed E-state index contributed by atoms with van der Waals surface area (Å²) < 4.78 is 0. The quantitative estimate of drug-likeness (QED) is 0.676. The maximum absolute atomic E-state index is 12.8. The summed E-state index contributed by atoms with van der Waals surface area (Å²) >= 11 is 0. The lowest BCUT2D eigenvalue weighted by molar-refractivity contribution is -0.118. The molecule has 4 aliphatic carbocycles. The van der Waals surface area contributed by atoms with Crippen LogP contribution in [0.25, 0.3) is 5.57 Å². The van der Waals surface area contributed by atoms with Crippen LogP contribution in [0.3, 0.4) is 0 Å². The molecule has 1 heteroatoms. The molecule has 0 N–H and O–H groups in total. The highest BCUT2D eigenvalue weighted by molar-refractivity contribution is 6.27. The zero-order chi connectivity index (χ0) is 11.9. The van der Waals surface area contributed by atoms with Gasteiger partial charge in [-0.05, 0) is 54.6 Å². The molecular weight excluding hydrogens is 220 g/mol. The molecule has 2 bridgehead atoms. The van der Waals surface area contributed by atoms with Gasteiger partial charge in [0.25, 0.3) is 0 Å². The predicted molar refractivity (Wildman–Crippen MR) is 69.9 cm³/mol. The van der Waals surface area contributed by atoms with E-state index in [-0.39, 0.29) is 0 Å². The highest BCUT2D eigenvalue weighted by Gasteiger charge is 2.57. The molecule has 5 rings (SSSR count). The molecule has 4 atom stereocenters. The second kappa shape index (κ2) is 2.96. The minimum absolute atomic E-state index is 0.377. The Morgan fingerprint density at radius 3 is 2.67 bits per heavy atom. The molecule has 1 nitrogen and oxygen atoms in total. The number of ketones is 1. The molecule has 0 radical (unpaired) electrons. The Hall–Kier alpha value is -1.37. The first-order valence-electron chi connectivity index (χ1n) is 7.20. The van der Waals surface area contributed by atoms with Gasteiger partial charge < -0.3 is 0 Å². The molecule has 0 saturated heterocycles. The van der Waals surface area contributed by atoms with Crippen molar-refractivity contribution in [2.75, 3.05) is 0 Å². The van der Waals surface area contributed by atoms with Crippen LogP contribution in [0.5, 0.6) is 0 Å². The van der Waals surface area contributed by atoms with Crippen LogP contribution >= 0.6 is 0 Å². The van der Waals surface area contributed by atoms with Crippen molar-refractivity contribution in [2.24, 2.45) is 23.7 Å². The minimum atomic E-state index is 0.377. The van der Waals surface area contributed by atoms with Crippen molar-refractivity contribution in [3.05, 3.63) is 41.0 Å². The van der Waals surface area contributed by atoms with Crippen molar-refractivity contribution in [3.8, 4) is 0 Å². The zero-order valence-electron chi connectivity index (χ0n) is 10.4. The fraction of sp³-hybridized carbons (Fsp3) is 0.471. The Morgan fingerprint density at radius 2 is 1.78 bits per heavy atom. The number of hydrogen-bond donors (Lipinski definition) is 0. The van der Waals surface area contributed by atoms with Gasteiger partial charge in [0.2, 0.25) is 0 Å². The molecule has 0 heterocycles. The monoisotopic (exact) mass is 236 g/mol. The molecule has 4 aliphatic rings. The van der Waals surface area contributed by atoms with Crippen LogP contribution < -0.4 is 0 Å². The number of fused-ring (bicyclic) bond motifs is 8. The summed E-state index contributed by atoms with van der Waals surface area (Å²) in [6, 6.07) is 8.52. The topological polar surface area (TPSA) is 17.1 Å². The van der Waals surface area contributed by atoms with Crippen LogP contribution in [0, 0.1) is 23.7 Å². The van der Waals surface area contributed by atoms with Crippen LogP contribution in [0.15, 0.2) is 29.8 Å². The van der Waals surface area contributed by atoms with Crippen molar-refractivity contribution in [1.82, 2.24) is 0 Å². The van der Waals surface area contributed by atoms with Gasteiger partial charge in [0.1, 0.15) is 0 Å². The lowest BCUT2D eigenvalue weighted by atomic mass is 9.77. The third-order valence-electron chi connectivity index (χ3n) is 5.86. The summed E-state index contributed by atoms with van der Waals surface area (Å²) in [5.41, 5.74) is 5.29. The number of hydrogen-bond acceptors (Lipinski definition) is 1. The molecule has 1 aromatic carbocycles. The van der Waals surface area contributed by atoms with Gasteiger partial charge in [0.15, 0.2) is 5.78 Å². The second-order valence-electron chi connectivity index (χ2n) is 6.48. The fourth-order valence-electron chi connectivity index (χ4n) is 5.30. The van der Waals surface area contributed by atoms with Gasteiger partial charge in [0.05, 0.1) is 0 Å². The molecule has 0 aromatic heterocycles. The molecule has 0 aliphatic heterocycles. The first-order valence-corrected chi connectivity index (χ1v) is 7.20. The average molecular weight is 236 g/mol. The summed E-state index contributed by atoms with van der Waals surface area (Å²) in [4.78, 5) is 12.8. The van der Waals surface area contributed by atoms with Gasteiger partial charge in [-0.2, -0.15) is 0 Å². The highest BCUT2D eigenvalue weighted by atomic mass is 16.1. The smallest absolute Gasteiger partial charge is 0.167 e. The van der Waals surface area contributed by atoms with E-state index in [9.17, 15) is 4.79 Å². The van der Waals surface area contributed by atoms with E-state index < -0.39 is 0 Å². The van der Waals surface area contributed by atoms with E-state index in [4.69, 9.17) is 0 Å². The number of allylic oxidation sites excluding steroid dienone is 2. The Labute approximate surface area is 107 Å². The molecule has 0 spiro atoms. The largest absolute Gasteiger partial charge is 0.294 e. The number of benzene rings is 1. The van der Waals surface area contributed by atoms with Gasteiger partial charge in [-0.25, -0.2) is 0 Å². The lowest BCUT2D eigenvalue weighted by Gasteiger charge is -2.26. The van der Waals surface area contributed by atoms with Crippen LogP contribution in [0.2, 0.25) is 0 Å². The van der Waals surface area contributed by atoms with Crippen LogP contribution in [-0.4, -0.2) is 5.78 Å². The number of carbonyl (C=O) groups is 1. The zero-order valence-corrected chi connectivity index (χ0v) is 10.4. The van der Waals surface area contributed by atoms with Gasteiger partial charge >= 0.3 is 0 Å². The van der Waals surface area contributed by atoms with Gasteiger partial charge in [0, 0.05) is 11.5 Å². The van der Waals surface area contributed by atoms with Crippen LogP contribution in [-0.2, 0) is 11.2 Å². The van der Waals surface area contributed by atoms with Gasteiger partial charge in [-0.15, -0.1) is 0 Å². The van der Waals surface area contributed by atoms with E-state index in [0.717, 1.165) is 17.9 Å². The number of rotatable bonds is 0. The predicted octanol–water partition coefficient (Wildman–Crippen LogP) is 3.24. The van der Waals surface area contributed by atoms with Gasteiger partial charge in [-0.3, -0.25) is 4.79 Å². The average Bonchev–Trinajstić information content (AvgIpc) is 3.10. The molecular formula is C17H16O. The van der Waals surface area contributed by atoms with E-state index in [0.29, 0.717) is 23.5 Å². The summed E-state index contributed by atoms with van der Waals surface area (Å²) in [6.45, 7) is 0. The molecule has 2 fully saturated rings. The fourth-order valence-corrected chi connectivity index (χ4v) is 5.30. The van der Waals surface area contributed by atoms with E-state index in [1.54, 1.807) is 0 Å². The number of Topliss-reactive ketones (excluding diaryl/α,β-unsaturated/α-hetero) is 1. The lowest BCUT2D eigenvalue weighted by Crippen LogP contribution is -2.25. The van der Waals surface area contributed by atoms with Crippen molar-refractivity contribution < 1.29 is 4.79 Å². The molecule has 18 heavy (non-hydrogen) atoms. The third-order valence-corrected chi connectivity index (χ3v) is 5.86. The van der Waals surface area contributed by atoms with Crippen LogP contribution in [0.1, 0.15) is 30.4 Å². The standard InChI is InChI=1S/C17H16O/c18-17-15-11-6-5-10(7-11)14(15)13-8-9-3-1-2-4-12(9)16(13)17/h1-4,10-11,14-15H,5-8H2/t10?,11?,14-,15-/m0/s1. The van der Waals surface area contributed by atoms with E-state index >= 15 is 0 Å². The molecule has 1 aromatic rings. The van der Waals surface area contributed by atoms with E-state index in [1.807, 2.05) is 0 Å². The summed E-state index contributed by atoms with van der Waals surface area (Å²) in [7, 11) is 0. The Kier molecular flexibility index (Phi) is 1.57. The first kappa shape index (κ1) is 9.55.